The van der Waals surface area contributed by atoms with Crippen LogP contribution in [-0.2, 0) is 25.1 Å². The summed E-state index contributed by atoms with van der Waals surface area (Å²) in [6, 6.07) is 16.1. The number of ether oxygens (including phenoxy) is 2. The van der Waals surface area contributed by atoms with Crippen molar-refractivity contribution in [3.8, 4) is 22.9 Å². The van der Waals surface area contributed by atoms with Gasteiger partial charge in [0.1, 0.15) is 29.1 Å². The fourth-order valence-corrected chi connectivity index (χ4v) is 13.4. The Hall–Kier alpha value is -4.38. The maximum Gasteiger partial charge on any atom is 0.226 e. The van der Waals surface area contributed by atoms with E-state index in [9.17, 15) is 19.0 Å². The van der Waals surface area contributed by atoms with Crippen LogP contribution in [-0.4, -0.2) is 74.2 Å². The average Bonchev–Trinajstić information content (AvgIpc) is 3.66. The minimum absolute atomic E-state index is 0.0219. The number of hydrogen-bond acceptors (Lipinski definition) is 10. The molecule has 8 rings (SSSR count). The summed E-state index contributed by atoms with van der Waals surface area (Å²) in [6.07, 6.45) is 13.1. The van der Waals surface area contributed by atoms with Gasteiger partial charge >= 0.3 is 0 Å². The van der Waals surface area contributed by atoms with Gasteiger partial charge in [-0.1, -0.05) is 81.0 Å². The summed E-state index contributed by atoms with van der Waals surface area (Å²) in [6.45, 7) is 4.26. The zero-order chi connectivity index (χ0) is 43.4. The monoisotopic (exact) mass is 880 g/mol. The number of amides is 1. The van der Waals surface area contributed by atoms with Gasteiger partial charge in [0.2, 0.25) is 13.3 Å². The zero-order valence-electron chi connectivity index (χ0n) is 36.3. The first-order valence-electron chi connectivity index (χ1n) is 22.7. The van der Waals surface area contributed by atoms with E-state index in [4.69, 9.17) is 19.4 Å². The molecule has 2 saturated carbocycles. The van der Waals surface area contributed by atoms with Crippen LogP contribution in [0.4, 0.5) is 5.13 Å². The number of ketones is 2. The van der Waals surface area contributed by atoms with Crippen molar-refractivity contribution < 1.29 is 33.3 Å². The lowest BCUT2D eigenvalue weighted by Gasteiger charge is -2.30. The number of thiazole rings is 1. The number of nitrogens with zero attached hydrogens (tertiary/aromatic N) is 3. The Morgan fingerprint density at radius 2 is 1.79 bits per heavy atom. The van der Waals surface area contributed by atoms with E-state index in [2.05, 4.69) is 31.3 Å². The number of aromatic nitrogens is 2. The maximum absolute atomic E-state index is 15.0. The highest BCUT2D eigenvalue weighted by atomic mass is 32.1. The van der Waals surface area contributed by atoms with E-state index < -0.39 is 30.6 Å². The summed E-state index contributed by atoms with van der Waals surface area (Å²) in [4.78, 5) is 67.0. The largest absolute Gasteiger partial charge is 0.497 e. The maximum atomic E-state index is 15.0. The van der Waals surface area contributed by atoms with Gasteiger partial charge in [0.05, 0.1) is 42.2 Å². The van der Waals surface area contributed by atoms with Crippen LogP contribution in [0.2, 0.25) is 0 Å². The molecule has 2 aromatic heterocycles. The molecule has 11 nitrogen and oxygen atoms in total. The number of allylic oxidation sites excluding steroid dienone is 2. The minimum atomic E-state index is -3.92. The quantitative estimate of drug-likeness (QED) is 0.0982. The van der Waals surface area contributed by atoms with Crippen molar-refractivity contribution >= 4 is 52.2 Å². The predicted molar refractivity (Wildman–Crippen MR) is 245 cm³/mol. The standard InChI is InChI=1S/C49H61N4O7PS/c1-32(2)50-48-52-43(31-62-48)42-26-46(40-21-20-38(59-3)24-41(40)51-42)60-39-25-44-45(55)28-49(61(57,58)30-34-16-8-7-9-17-34)27-36(49)19-11-6-4-5-10-18-35(47(56)53(44)29-39)23-37(54)22-33-14-12-13-15-33/h7-9,11,16-17,19-21,24,26,31-33,35-36,39,44H,4-6,10,12-15,18,22-23,25,27-30H2,1-3H3,(H,50,52)(H,57,58)/b19-11-/t35-,36+,39-,44+,49-/m1/s1. The molecule has 4 aromatic rings. The Kier molecular flexibility index (Phi) is 13.7. The molecule has 62 heavy (non-hydrogen) atoms. The molecule has 0 bridgehead atoms. The van der Waals surface area contributed by atoms with Crippen LogP contribution < -0.4 is 14.8 Å². The van der Waals surface area contributed by atoms with Gasteiger partial charge in [0.25, 0.3) is 0 Å². The summed E-state index contributed by atoms with van der Waals surface area (Å²) in [5.74, 6) is 0.484. The average molecular weight is 881 g/mol. The molecule has 1 amide bonds. The number of fused-ring (bicyclic) bond motifs is 3. The number of methoxy groups -OCH3 is 1. The normalized spacial score (nSPS) is 26.3. The third kappa shape index (κ3) is 10.0. The molecule has 2 aromatic carbocycles. The van der Waals surface area contributed by atoms with Crippen LogP contribution in [0.1, 0.15) is 109 Å². The van der Waals surface area contributed by atoms with E-state index in [0.29, 0.717) is 53.6 Å². The van der Waals surface area contributed by atoms with Crippen molar-refractivity contribution in [2.24, 2.45) is 17.8 Å². The van der Waals surface area contributed by atoms with Crippen molar-refractivity contribution in [1.82, 2.24) is 14.9 Å². The molecule has 6 atom stereocenters. The zero-order valence-corrected chi connectivity index (χ0v) is 38.0. The Morgan fingerprint density at radius 3 is 2.56 bits per heavy atom. The predicted octanol–water partition coefficient (Wildman–Crippen LogP) is 10.4. The molecule has 0 radical (unpaired) electrons. The summed E-state index contributed by atoms with van der Waals surface area (Å²) in [5, 5.41) is 5.72. The Morgan fingerprint density at radius 1 is 1.00 bits per heavy atom. The van der Waals surface area contributed by atoms with E-state index in [-0.39, 0.29) is 61.4 Å². The van der Waals surface area contributed by atoms with Crippen LogP contribution in [0.5, 0.6) is 11.5 Å². The summed E-state index contributed by atoms with van der Waals surface area (Å²) >= 11 is 1.50. The van der Waals surface area contributed by atoms with E-state index in [0.717, 1.165) is 67.4 Å². The number of hydrogen-bond donors (Lipinski definition) is 2. The highest BCUT2D eigenvalue weighted by Gasteiger charge is 2.65. The van der Waals surface area contributed by atoms with Crippen molar-refractivity contribution in [3.63, 3.8) is 0 Å². The van der Waals surface area contributed by atoms with Crippen LogP contribution in [0, 0.1) is 17.8 Å². The second kappa shape index (κ2) is 19.2. The molecule has 0 spiro atoms. The number of carbonyl (C=O) groups excluding carboxylic acids is 3. The number of carbonyl (C=O) groups is 3. The number of rotatable bonds is 13. The number of nitrogens with one attached hydrogen (secondary N) is 1. The number of benzene rings is 2. The van der Waals surface area contributed by atoms with Gasteiger partial charge in [0.15, 0.2) is 10.9 Å². The third-order valence-corrected chi connectivity index (χ3v) is 17.1. The first-order valence-corrected chi connectivity index (χ1v) is 25.4. The summed E-state index contributed by atoms with van der Waals surface area (Å²) in [5.41, 5.74) is 2.70. The van der Waals surface area contributed by atoms with Gasteiger partial charge in [-0.2, -0.15) is 0 Å². The molecule has 2 N–H and O–H groups in total. The molecule has 13 heteroatoms. The Bertz CT molecular complexity index is 2330. The number of anilines is 1. The van der Waals surface area contributed by atoms with Gasteiger partial charge in [0, 0.05) is 60.5 Å². The molecule has 4 heterocycles. The SMILES string of the molecule is COc1ccc2c(O[C@@H]3C[C@H]4C(=O)C[C@]5(P(=O)(O)Cc6ccccc6)C[C@@H]5/C=C\CCCCC[C@H](CC(=O)CC5CCCC5)C(=O)N4C3)cc(-c3csc(NC(C)C)n3)nc2c1. The minimum Gasteiger partial charge on any atom is -0.497 e. The molecule has 3 fully saturated rings. The van der Waals surface area contributed by atoms with Crippen molar-refractivity contribution in [3.05, 3.63) is 77.7 Å². The lowest BCUT2D eigenvalue weighted by Crippen LogP contribution is -2.45. The van der Waals surface area contributed by atoms with Gasteiger partial charge in [-0.05, 0) is 69.1 Å². The van der Waals surface area contributed by atoms with Crippen molar-refractivity contribution in [2.75, 3.05) is 19.0 Å². The Balaban J connectivity index is 1.13. The fraction of sp³-hybridized carbons (Fsp3) is 0.531. The first-order chi connectivity index (χ1) is 29.9. The Labute approximate surface area is 369 Å². The van der Waals surface area contributed by atoms with Crippen LogP contribution in [0.15, 0.2) is 72.1 Å². The molecule has 2 aliphatic heterocycles. The van der Waals surface area contributed by atoms with Gasteiger partial charge in [-0.15, -0.1) is 11.3 Å². The lowest BCUT2D eigenvalue weighted by atomic mass is 9.89. The van der Waals surface area contributed by atoms with E-state index in [1.54, 1.807) is 12.0 Å². The highest BCUT2D eigenvalue weighted by Crippen LogP contribution is 2.74. The molecule has 330 valence electrons. The fourth-order valence-electron chi connectivity index (χ4n) is 10.1. The smallest absolute Gasteiger partial charge is 0.226 e. The third-order valence-electron chi connectivity index (χ3n) is 13.5. The van der Waals surface area contributed by atoms with Gasteiger partial charge in [-0.3, -0.25) is 18.9 Å². The second-order valence-electron chi connectivity index (χ2n) is 18.5. The van der Waals surface area contributed by atoms with E-state index in [1.807, 2.05) is 60.0 Å². The lowest BCUT2D eigenvalue weighted by molar-refractivity contribution is -0.142. The molecule has 2 aliphatic carbocycles. The summed E-state index contributed by atoms with van der Waals surface area (Å²) in [7, 11) is -2.31. The van der Waals surface area contributed by atoms with Crippen molar-refractivity contribution in [2.45, 2.75) is 133 Å². The van der Waals surface area contributed by atoms with Crippen LogP contribution >= 0.6 is 18.7 Å². The molecular formula is C49H61N4O7PS. The molecule has 1 saturated heterocycles. The van der Waals surface area contributed by atoms with E-state index >= 15 is 4.79 Å². The molecule has 4 aliphatic rings. The van der Waals surface area contributed by atoms with Crippen LogP contribution in [0.3, 0.4) is 0 Å². The van der Waals surface area contributed by atoms with Gasteiger partial charge in [-0.25, -0.2) is 9.97 Å². The van der Waals surface area contributed by atoms with E-state index in [1.165, 1.54) is 11.3 Å². The first kappa shape index (κ1) is 44.2. The second-order valence-corrected chi connectivity index (χ2v) is 21.9. The van der Waals surface area contributed by atoms with Crippen LogP contribution in [0.25, 0.3) is 22.3 Å². The molecule has 1 unspecified atom stereocenters. The van der Waals surface area contributed by atoms with Crippen molar-refractivity contribution in [1.29, 1.82) is 0 Å². The van der Waals surface area contributed by atoms with Gasteiger partial charge < -0.3 is 24.6 Å². The topological polar surface area (TPSA) is 148 Å². The number of pyridine rings is 1. The number of Topliss-reactive ketones (excluding diaryl/α,β-unsaturated/α-hetero) is 2. The summed E-state index contributed by atoms with van der Waals surface area (Å²) < 4.78 is 27.1. The highest BCUT2D eigenvalue weighted by molar-refractivity contribution is 7.59. The molecular weight excluding hydrogens is 820 g/mol.